The zero-order valence-corrected chi connectivity index (χ0v) is 10.6. The van der Waals surface area contributed by atoms with E-state index in [-0.39, 0.29) is 11.8 Å². The van der Waals surface area contributed by atoms with Crippen molar-refractivity contribution in [2.24, 2.45) is 0 Å². The van der Waals surface area contributed by atoms with Crippen molar-refractivity contribution in [3.63, 3.8) is 0 Å². The zero-order valence-electron chi connectivity index (χ0n) is 10.6. The molecule has 1 fully saturated rings. The van der Waals surface area contributed by atoms with E-state index in [2.05, 4.69) is 16.9 Å². The zero-order chi connectivity index (χ0) is 14.0. The summed E-state index contributed by atoms with van der Waals surface area (Å²) in [7, 11) is 0. The minimum absolute atomic E-state index is 0.312. The first kappa shape index (κ1) is 13.2. The summed E-state index contributed by atoms with van der Waals surface area (Å²) in [6.45, 7) is 5.58. The Bertz CT molecular complexity index is 542. The molecule has 0 bridgehead atoms. The average molecular weight is 261 g/mol. The van der Waals surface area contributed by atoms with Crippen LogP contribution in [0.15, 0.2) is 24.8 Å². The normalized spacial score (nSPS) is 18.5. The van der Waals surface area contributed by atoms with Crippen molar-refractivity contribution in [3.8, 4) is 0 Å². The van der Waals surface area contributed by atoms with Crippen LogP contribution in [0.25, 0.3) is 0 Å². The van der Waals surface area contributed by atoms with Gasteiger partial charge in [-0.25, -0.2) is 4.98 Å². The highest BCUT2D eigenvalue weighted by Gasteiger charge is 2.31. The summed E-state index contributed by atoms with van der Waals surface area (Å²) in [6.07, 6.45) is 0.651. The van der Waals surface area contributed by atoms with E-state index in [1.807, 2.05) is 0 Å². The number of hydrogen-bond donors (Lipinski definition) is 2. The number of anilines is 2. The van der Waals surface area contributed by atoms with Gasteiger partial charge in [-0.2, -0.15) is 0 Å². The molecular weight excluding hydrogens is 246 g/mol. The lowest BCUT2D eigenvalue weighted by Crippen LogP contribution is -2.29. The molecule has 0 saturated carbocycles. The Morgan fingerprint density at radius 1 is 1.63 bits per heavy atom. The van der Waals surface area contributed by atoms with Crippen LogP contribution in [0.1, 0.15) is 12.1 Å². The van der Waals surface area contributed by atoms with E-state index in [0.717, 1.165) is 6.08 Å². The smallest absolute Gasteiger partial charge is 0.255 e. The molecule has 1 unspecified atom stereocenters. The minimum Gasteiger partial charge on any atom is -0.383 e. The summed E-state index contributed by atoms with van der Waals surface area (Å²) in [4.78, 5) is 28.6. The van der Waals surface area contributed by atoms with Crippen LogP contribution in [0.5, 0.6) is 0 Å². The number of nitrogens with one attached hydrogen (secondary N) is 1. The first-order valence-corrected chi connectivity index (χ1v) is 5.93. The second-order valence-electron chi connectivity index (χ2n) is 4.29. The molecule has 2 heterocycles. The molecule has 1 aromatic heterocycles. The fourth-order valence-electron chi connectivity index (χ4n) is 1.99. The Hall–Kier alpha value is -2.21. The van der Waals surface area contributed by atoms with E-state index in [1.165, 1.54) is 4.90 Å². The molecule has 19 heavy (non-hydrogen) atoms. The Kier molecular flexibility index (Phi) is 3.62. The van der Waals surface area contributed by atoms with E-state index < -0.39 is 6.10 Å². The van der Waals surface area contributed by atoms with E-state index in [0.29, 0.717) is 30.2 Å². The lowest BCUT2D eigenvalue weighted by atomic mass is 10.2. The van der Waals surface area contributed by atoms with Gasteiger partial charge in [0.05, 0.1) is 11.4 Å². The Morgan fingerprint density at radius 3 is 2.89 bits per heavy atom. The topological polar surface area (TPSA) is 82.5 Å². The molecule has 0 radical (unpaired) electrons. The van der Waals surface area contributed by atoms with Crippen molar-refractivity contribution in [3.05, 3.63) is 30.5 Å². The van der Waals surface area contributed by atoms with Crippen molar-refractivity contribution < 1.29 is 14.7 Å². The van der Waals surface area contributed by atoms with E-state index in [9.17, 15) is 14.7 Å². The van der Waals surface area contributed by atoms with Gasteiger partial charge in [0.15, 0.2) is 0 Å². The number of nitrogens with zero attached hydrogens (tertiary/aromatic N) is 2. The molecule has 1 aliphatic heterocycles. The Morgan fingerprint density at radius 2 is 2.37 bits per heavy atom. The number of aryl methyl sites for hydroxylation is 1. The number of hydrogen-bond acceptors (Lipinski definition) is 4. The van der Waals surface area contributed by atoms with Crippen molar-refractivity contribution >= 4 is 23.3 Å². The summed E-state index contributed by atoms with van der Waals surface area (Å²) in [6, 6.07) is 3.32. The maximum atomic E-state index is 11.7. The molecule has 1 aromatic rings. The van der Waals surface area contributed by atoms with Crippen LogP contribution in [0.4, 0.5) is 11.5 Å². The molecule has 2 amide bonds. The summed E-state index contributed by atoms with van der Waals surface area (Å²) >= 11 is 0. The second-order valence-corrected chi connectivity index (χ2v) is 4.29. The van der Waals surface area contributed by atoms with Gasteiger partial charge in [0.25, 0.3) is 5.91 Å². The van der Waals surface area contributed by atoms with Gasteiger partial charge in [0.2, 0.25) is 5.91 Å². The maximum absolute atomic E-state index is 11.7. The molecule has 2 N–H and O–H groups in total. The highest BCUT2D eigenvalue weighted by atomic mass is 16.3. The summed E-state index contributed by atoms with van der Waals surface area (Å²) < 4.78 is 0. The van der Waals surface area contributed by atoms with Gasteiger partial charge in [-0.3, -0.25) is 9.59 Å². The van der Waals surface area contributed by atoms with Gasteiger partial charge in [-0.05, 0) is 25.1 Å². The molecule has 6 nitrogen and oxygen atoms in total. The molecule has 0 aliphatic carbocycles. The Labute approximate surface area is 110 Å². The van der Waals surface area contributed by atoms with Crippen LogP contribution >= 0.6 is 0 Å². The van der Waals surface area contributed by atoms with Crippen LogP contribution in [0.2, 0.25) is 0 Å². The number of aromatic nitrogens is 1. The molecular formula is C13H15N3O3. The number of carbonyl (C=O) groups is 2. The van der Waals surface area contributed by atoms with Crippen molar-refractivity contribution in [2.75, 3.05) is 16.8 Å². The third kappa shape index (κ3) is 2.63. The standard InChI is InChI=1S/C13H15N3O3/c1-3-12(18)15-11-5-4-9(8(2)14-11)16-7-6-10(17)13(16)19/h3-5,10,17H,1,6-7H2,2H3,(H,14,15,18). The first-order chi connectivity index (χ1) is 9.02. The van der Waals surface area contributed by atoms with Crippen LogP contribution in [0.3, 0.4) is 0 Å². The van der Waals surface area contributed by atoms with E-state index >= 15 is 0 Å². The quantitative estimate of drug-likeness (QED) is 0.781. The summed E-state index contributed by atoms with van der Waals surface area (Å²) in [5.74, 6) is -0.251. The average Bonchev–Trinajstić information content (AvgIpc) is 2.70. The summed E-state index contributed by atoms with van der Waals surface area (Å²) in [5.41, 5.74) is 1.27. The number of amides is 2. The van der Waals surface area contributed by atoms with Gasteiger partial charge in [0.1, 0.15) is 11.9 Å². The molecule has 1 atom stereocenters. The van der Waals surface area contributed by atoms with Crippen LogP contribution in [-0.4, -0.2) is 34.6 Å². The SMILES string of the molecule is C=CC(=O)Nc1ccc(N2CCC(O)C2=O)c(C)n1. The highest BCUT2D eigenvalue weighted by Crippen LogP contribution is 2.25. The largest absolute Gasteiger partial charge is 0.383 e. The predicted octanol–water partition coefficient (Wildman–Crippen LogP) is 0.612. The number of pyridine rings is 1. The lowest BCUT2D eigenvalue weighted by molar-refractivity contribution is -0.124. The van der Waals surface area contributed by atoms with E-state index in [4.69, 9.17) is 0 Å². The van der Waals surface area contributed by atoms with E-state index in [1.54, 1.807) is 19.1 Å². The van der Waals surface area contributed by atoms with Gasteiger partial charge in [-0.15, -0.1) is 0 Å². The first-order valence-electron chi connectivity index (χ1n) is 5.93. The number of carbonyl (C=O) groups excluding carboxylic acids is 2. The molecule has 6 heteroatoms. The highest BCUT2D eigenvalue weighted by molar-refractivity contribution is 6.00. The van der Waals surface area contributed by atoms with Crippen molar-refractivity contribution in [2.45, 2.75) is 19.4 Å². The molecule has 1 aliphatic rings. The molecule has 2 rings (SSSR count). The lowest BCUT2D eigenvalue weighted by Gasteiger charge is -2.18. The molecule has 1 saturated heterocycles. The Balaban J connectivity index is 2.22. The van der Waals surface area contributed by atoms with Gasteiger partial charge < -0.3 is 15.3 Å². The predicted molar refractivity (Wildman–Crippen MR) is 70.8 cm³/mol. The van der Waals surface area contributed by atoms with Crippen LogP contribution in [-0.2, 0) is 9.59 Å². The second kappa shape index (κ2) is 5.19. The molecule has 0 spiro atoms. The third-order valence-electron chi connectivity index (χ3n) is 2.96. The third-order valence-corrected chi connectivity index (χ3v) is 2.96. The van der Waals surface area contributed by atoms with Crippen LogP contribution in [0, 0.1) is 6.92 Å². The number of aliphatic hydroxyl groups excluding tert-OH is 1. The fraction of sp³-hybridized carbons (Fsp3) is 0.308. The number of aliphatic hydroxyl groups is 1. The number of rotatable bonds is 3. The summed E-state index contributed by atoms with van der Waals surface area (Å²) in [5, 5.41) is 12.0. The van der Waals surface area contributed by atoms with Gasteiger partial charge in [-0.1, -0.05) is 6.58 Å². The van der Waals surface area contributed by atoms with Gasteiger partial charge in [0, 0.05) is 13.0 Å². The monoisotopic (exact) mass is 261 g/mol. The molecule has 100 valence electrons. The van der Waals surface area contributed by atoms with Crippen molar-refractivity contribution in [1.82, 2.24) is 4.98 Å². The van der Waals surface area contributed by atoms with Crippen molar-refractivity contribution in [1.29, 1.82) is 0 Å². The fourth-order valence-corrected chi connectivity index (χ4v) is 1.99. The van der Waals surface area contributed by atoms with Crippen LogP contribution < -0.4 is 10.2 Å². The minimum atomic E-state index is -0.931. The molecule has 0 aromatic carbocycles. The van der Waals surface area contributed by atoms with Gasteiger partial charge >= 0.3 is 0 Å². The maximum Gasteiger partial charge on any atom is 0.255 e.